The molecule has 3 rings (SSSR count). The zero-order chi connectivity index (χ0) is 22.8. The van der Waals surface area contributed by atoms with Crippen LogP contribution >= 0.6 is 24.8 Å². The lowest BCUT2D eigenvalue weighted by Crippen LogP contribution is -2.46. The molecule has 7 heteroatoms. The van der Waals surface area contributed by atoms with Crippen molar-refractivity contribution in [3.8, 4) is 11.5 Å². The smallest absolute Gasteiger partial charge is 0.119 e. The van der Waals surface area contributed by atoms with Gasteiger partial charge in [0.05, 0.1) is 19.3 Å². The zero-order valence-electron chi connectivity index (χ0n) is 20.9. The van der Waals surface area contributed by atoms with Gasteiger partial charge < -0.3 is 24.4 Å². The van der Waals surface area contributed by atoms with E-state index in [0.29, 0.717) is 0 Å². The lowest BCUT2D eigenvalue weighted by Gasteiger charge is -2.39. The van der Waals surface area contributed by atoms with Gasteiger partial charge in [0.2, 0.25) is 0 Å². The number of unbranched alkanes of at least 4 members (excludes halogenated alkanes) is 1. The Morgan fingerprint density at radius 1 is 0.971 bits per heavy atom. The van der Waals surface area contributed by atoms with E-state index < -0.39 is 5.60 Å². The standard InChI is InChI=1S/C27H40N2O3.2ClH/c1-4-5-22-32-26-12-8-24(9-13-26)28(2)19-15-27(30)16-20-29(21-17-27)18-14-23-6-10-25(31-3)11-7-23;;/h6-13,30H,4-5,14-22H2,1-3H3;2*1H. The second-order valence-electron chi connectivity index (χ2n) is 9.03. The fourth-order valence-corrected chi connectivity index (χ4v) is 4.16. The highest BCUT2D eigenvalue weighted by Gasteiger charge is 2.32. The van der Waals surface area contributed by atoms with E-state index in [4.69, 9.17) is 9.47 Å². The minimum atomic E-state index is -0.561. The number of methoxy groups -OCH3 is 1. The van der Waals surface area contributed by atoms with Gasteiger partial charge in [0.15, 0.2) is 0 Å². The van der Waals surface area contributed by atoms with Gasteiger partial charge in [-0.15, -0.1) is 24.8 Å². The van der Waals surface area contributed by atoms with Crippen molar-refractivity contribution in [2.75, 3.05) is 51.8 Å². The molecule has 5 nitrogen and oxygen atoms in total. The summed E-state index contributed by atoms with van der Waals surface area (Å²) in [6.07, 6.45) is 5.73. The van der Waals surface area contributed by atoms with Crippen LogP contribution in [0, 0.1) is 0 Å². The summed E-state index contributed by atoms with van der Waals surface area (Å²) in [6, 6.07) is 16.6. The van der Waals surface area contributed by atoms with Crippen LogP contribution in [0.1, 0.15) is 44.6 Å². The minimum absolute atomic E-state index is 0. The summed E-state index contributed by atoms with van der Waals surface area (Å²) in [7, 11) is 3.79. The molecule has 1 fully saturated rings. The van der Waals surface area contributed by atoms with Crippen LogP contribution in [-0.4, -0.2) is 62.6 Å². The largest absolute Gasteiger partial charge is 0.497 e. The molecule has 0 spiro atoms. The lowest BCUT2D eigenvalue weighted by molar-refractivity contribution is -0.0254. The molecule has 0 radical (unpaired) electrons. The molecular weight excluding hydrogens is 471 g/mol. The Morgan fingerprint density at radius 3 is 2.18 bits per heavy atom. The number of hydrogen-bond acceptors (Lipinski definition) is 5. The van der Waals surface area contributed by atoms with Crippen molar-refractivity contribution in [1.29, 1.82) is 0 Å². The second kappa shape index (κ2) is 15.4. The number of halogens is 2. The highest BCUT2D eigenvalue weighted by atomic mass is 35.5. The number of ether oxygens (including phenoxy) is 2. The summed E-state index contributed by atoms with van der Waals surface area (Å²) in [5.41, 5.74) is 1.93. The van der Waals surface area contributed by atoms with Gasteiger partial charge in [-0.3, -0.25) is 0 Å². The monoisotopic (exact) mass is 512 g/mol. The second-order valence-corrected chi connectivity index (χ2v) is 9.03. The van der Waals surface area contributed by atoms with Gasteiger partial charge in [-0.1, -0.05) is 25.5 Å². The molecule has 34 heavy (non-hydrogen) atoms. The van der Waals surface area contributed by atoms with Crippen LogP contribution in [0.4, 0.5) is 5.69 Å². The fraction of sp³-hybridized carbons (Fsp3) is 0.556. The maximum atomic E-state index is 11.1. The van der Waals surface area contributed by atoms with Gasteiger partial charge in [0.1, 0.15) is 11.5 Å². The third-order valence-corrected chi connectivity index (χ3v) is 6.62. The molecule has 0 saturated carbocycles. The molecule has 1 heterocycles. The van der Waals surface area contributed by atoms with Crippen molar-refractivity contribution in [2.45, 2.75) is 51.0 Å². The van der Waals surface area contributed by atoms with E-state index in [2.05, 4.69) is 48.0 Å². The molecule has 1 aliphatic rings. The van der Waals surface area contributed by atoms with Crippen molar-refractivity contribution in [1.82, 2.24) is 4.90 Å². The molecule has 2 aromatic carbocycles. The Kier molecular flexibility index (Phi) is 13.7. The SMILES string of the molecule is CCCCOc1ccc(N(C)CCC2(O)CCN(CCc3ccc(OC)cc3)CC2)cc1.Cl.Cl. The number of likely N-dealkylation sites (tertiary alicyclic amines) is 1. The van der Waals surface area contributed by atoms with Crippen LogP contribution in [0.15, 0.2) is 48.5 Å². The summed E-state index contributed by atoms with van der Waals surface area (Å²) in [6.45, 7) is 6.74. The normalized spacial score (nSPS) is 15.1. The van der Waals surface area contributed by atoms with Crippen LogP contribution in [0.25, 0.3) is 0 Å². The summed E-state index contributed by atoms with van der Waals surface area (Å²) in [4.78, 5) is 4.70. The molecule has 0 aromatic heterocycles. The fourth-order valence-electron chi connectivity index (χ4n) is 4.16. The molecule has 0 amide bonds. The van der Waals surface area contributed by atoms with Gasteiger partial charge in [0.25, 0.3) is 0 Å². The average molecular weight is 514 g/mol. The van der Waals surface area contributed by atoms with E-state index in [1.54, 1.807) is 7.11 Å². The highest BCUT2D eigenvalue weighted by molar-refractivity contribution is 5.85. The van der Waals surface area contributed by atoms with Gasteiger partial charge in [-0.2, -0.15) is 0 Å². The Labute approximate surface area is 218 Å². The van der Waals surface area contributed by atoms with E-state index in [1.807, 2.05) is 24.3 Å². The first kappa shape index (κ1) is 30.4. The van der Waals surface area contributed by atoms with Crippen LogP contribution in [0.5, 0.6) is 11.5 Å². The van der Waals surface area contributed by atoms with Gasteiger partial charge in [-0.05, 0) is 74.1 Å². The van der Waals surface area contributed by atoms with Crippen molar-refractivity contribution in [3.63, 3.8) is 0 Å². The minimum Gasteiger partial charge on any atom is -0.497 e. The topological polar surface area (TPSA) is 45.2 Å². The van der Waals surface area contributed by atoms with Crippen LogP contribution in [0.2, 0.25) is 0 Å². The third-order valence-electron chi connectivity index (χ3n) is 6.62. The van der Waals surface area contributed by atoms with E-state index in [1.165, 1.54) is 5.56 Å². The van der Waals surface area contributed by atoms with Crippen LogP contribution in [0.3, 0.4) is 0 Å². The number of rotatable bonds is 12. The molecule has 0 unspecified atom stereocenters. The van der Waals surface area contributed by atoms with Crippen molar-refractivity contribution >= 4 is 30.5 Å². The van der Waals surface area contributed by atoms with Gasteiger partial charge in [-0.25, -0.2) is 0 Å². The Balaban J connectivity index is 0.00000289. The maximum Gasteiger partial charge on any atom is 0.119 e. The summed E-state index contributed by atoms with van der Waals surface area (Å²) < 4.78 is 11.0. The molecule has 0 bridgehead atoms. The van der Waals surface area contributed by atoms with Crippen LogP contribution < -0.4 is 14.4 Å². The Bertz CT molecular complexity index is 795. The average Bonchev–Trinajstić information content (AvgIpc) is 2.83. The Hall–Kier alpha value is -1.66. The zero-order valence-corrected chi connectivity index (χ0v) is 22.5. The molecular formula is C27H42Cl2N2O3. The summed E-state index contributed by atoms with van der Waals surface area (Å²) in [5, 5.41) is 11.1. The molecule has 1 saturated heterocycles. The van der Waals surface area contributed by atoms with E-state index in [-0.39, 0.29) is 24.8 Å². The highest BCUT2D eigenvalue weighted by Crippen LogP contribution is 2.27. The molecule has 0 aliphatic carbocycles. The molecule has 192 valence electrons. The first-order valence-corrected chi connectivity index (χ1v) is 12.0. The van der Waals surface area contributed by atoms with E-state index in [0.717, 1.165) is 88.5 Å². The number of aliphatic hydroxyl groups is 1. The van der Waals surface area contributed by atoms with Gasteiger partial charge >= 0.3 is 0 Å². The Morgan fingerprint density at radius 2 is 1.59 bits per heavy atom. The van der Waals surface area contributed by atoms with Crippen LogP contribution in [-0.2, 0) is 6.42 Å². The molecule has 2 aromatic rings. The first-order chi connectivity index (χ1) is 15.5. The number of nitrogens with zero attached hydrogens (tertiary/aromatic N) is 2. The number of hydrogen-bond donors (Lipinski definition) is 1. The molecule has 0 atom stereocenters. The summed E-state index contributed by atoms with van der Waals surface area (Å²) >= 11 is 0. The third kappa shape index (κ3) is 9.53. The number of anilines is 1. The first-order valence-electron chi connectivity index (χ1n) is 12.0. The maximum absolute atomic E-state index is 11.1. The van der Waals surface area contributed by atoms with E-state index in [9.17, 15) is 5.11 Å². The van der Waals surface area contributed by atoms with Gasteiger partial charge in [0, 0.05) is 38.9 Å². The van der Waals surface area contributed by atoms with E-state index >= 15 is 0 Å². The van der Waals surface area contributed by atoms with Crippen molar-refractivity contribution < 1.29 is 14.6 Å². The molecule has 1 N–H and O–H groups in total. The predicted molar refractivity (Wildman–Crippen MR) is 147 cm³/mol. The van der Waals surface area contributed by atoms with Crippen molar-refractivity contribution in [2.24, 2.45) is 0 Å². The van der Waals surface area contributed by atoms with Crippen molar-refractivity contribution in [3.05, 3.63) is 54.1 Å². The quantitative estimate of drug-likeness (QED) is 0.374. The predicted octanol–water partition coefficient (Wildman–Crippen LogP) is 5.61. The summed E-state index contributed by atoms with van der Waals surface area (Å²) in [5.74, 6) is 1.83. The lowest BCUT2D eigenvalue weighted by atomic mass is 9.88. The number of piperidine rings is 1. The molecule has 1 aliphatic heterocycles. The number of benzene rings is 2.